The lowest BCUT2D eigenvalue weighted by Crippen LogP contribution is -2.35. The predicted molar refractivity (Wildman–Crippen MR) is 96.7 cm³/mol. The van der Waals surface area contributed by atoms with Crippen LogP contribution in [0.3, 0.4) is 0 Å². The molecule has 2 aromatic rings. The summed E-state index contributed by atoms with van der Waals surface area (Å²) in [6.45, 7) is 0.624. The van der Waals surface area contributed by atoms with E-state index in [4.69, 9.17) is 0 Å². The van der Waals surface area contributed by atoms with Gasteiger partial charge < -0.3 is 15.5 Å². The Bertz CT molecular complexity index is 852. The van der Waals surface area contributed by atoms with Crippen molar-refractivity contribution in [3.63, 3.8) is 0 Å². The Balaban J connectivity index is 1.68. The van der Waals surface area contributed by atoms with Gasteiger partial charge in [0.25, 0.3) is 0 Å². The number of hydrogen-bond donors (Lipinski definition) is 2. The quantitative estimate of drug-likeness (QED) is 0.802. The van der Waals surface area contributed by atoms with Crippen molar-refractivity contribution in [2.45, 2.75) is 25.4 Å². The number of hydrogen-bond acceptors (Lipinski definition) is 2. The van der Waals surface area contributed by atoms with E-state index in [-0.39, 0.29) is 11.6 Å². The van der Waals surface area contributed by atoms with E-state index >= 15 is 0 Å². The van der Waals surface area contributed by atoms with Gasteiger partial charge >= 0.3 is 12.2 Å². The van der Waals surface area contributed by atoms with Crippen molar-refractivity contribution in [3.05, 3.63) is 54.1 Å². The minimum atomic E-state index is -4.48. The van der Waals surface area contributed by atoms with E-state index in [2.05, 4.69) is 10.6 Å². The summed E-state index contributed by atoms with van der Waals surface area (Å²) in [4.78, 5) is 25.8. The van der Waals surface area contributed by atoms with Crippen LogP contribution in [0, 0.1) is 0 Å². The largest absolute Gasteiger partial charge is 0.416 e. The number of alkyl halides is 3. The second-order valence-electron chi connectivity index (χ2n) is 6.21. The topological polar surface area (TPSA) is 61.4 Å². The fraction of sp³-hybridized carbons (Fsp3) is 0.263. The molecule has 3 amide bonds. The van der Waals surface area contributed by atoms with Gasteiger partial charge in [0, 0.05) is 30.0 Å². The molecule has 0 aliphatic carbocycles. The molecule has 1 fully saturated rings. The standard InChI is InChI=1S/C19H18F3N3O2/c20-19(21,22)13-5-3-6-14(11-13)23-18(27)24-15-7-4-8-16(12-15)25-10-2-1-9-17(25)26/h3-8,11-12H,1-2,9-10H2,(H2,23,24,27). The van der Waals surface area contributed by atoms with Crippen LogP contribution in [0.25, 0.3) is 0 Å². The van der Waals surface area contributed by atoms with E-state index in [0.29, 0.717) is 24.3 Å². The van der Waals surface area contributed by atoms with Gasteiger partial charge in [-0.05, 0) is 49.2 Å². The Hall–Kier alpha value is -3.03. The van der Waals surface area contributed by atoms with Crippen LogP contribution < -0.4 is 15.5 Å². The predicted octanol–water partition coefficient (Wildman–Crippen LogP) is 4.87. The van der Waals surface area contributed by atoms with Crippen LogP contribution in [0.15, 0.2) is 48.5 Å². The SMILES string of the molecule is O=C(Nc1cccc(N2CCCCC2=O)c1)Nc1cccc(C(F)(F)F)c1. The number of urea groups is 1. The average molecular weight is 377 g/mol. The van der Waals surface area contributed by atoms with Gasteiger partial charge in [-0.25, -0.2) is 4.79 Å². The highest BCUT2D eigenvalue weighted by Crippen LogP contribution is 2.30. The molecule has 0 atom stereocenters. The second kappa shape index (κ2) is 7.69. The van der Waals surface area contributed by atoms with Crippen molar-refractivity contribution in [1.82, 2.24) is 0 Å². The van der Waals surface area contributed by atoms with Crippen molar-refractivity contribution >= 4 is 29.0 Å². The molecule has 0 spiro atoms. The van der Waals surface area contributed by atoms with Crippen LogP contribution in [0.1, 0.15) is 24.8 Å². The highest BCUT2D eigenvalue weighted by atomic mass is 19.4. The number of rotatable bonds is 3. The Kier molecular flexibility index (Phi) is 5.34. The van der Waals surface area contributed by atoms with Gasteiger partial charge in [-0.15, -0.1) is 0 Å². The van der Waals surface area contributed by atoms with Crippen molar-refractivity contribution in [2.75, 3.05) is 22.1 Å². The van der Waals surface area contributed by atoms with Crippen LogP contribution in [-0.4, -0.2) is 18.5 Å². The smallest absolute Gasteiger partial charge is 0.312 e. The van der Waals surface area contributed by atoms with Crippen LogP contribution in [0.2, 0.25) is 0 Å². The third kappa shape index (κ3) is 4.78. The third-order valence-electron chi connectivity index (χ3n) is 4.19. The fourth-order valence-corrected chi connectivity index (χ4v) is 2.90. The summed E-state index contributed by atoms with van der Waals surface area (Å²) in [5, 5.41) is 4.95. The van der Waals surface area contributed by atoms with E-state index < -0.39 is 17.8 Å². The number of carbonyl (C=O) groups excluding carboxylic acids is 2. The van der Waals surface area contributed by atoms with Gasteiger partial charge in [-0.2, -0.15) is 13.2 Å². The third-order valence-corrected chi connectivity index (χ3v) is 4.19. The van der Waals surface area contributed by atoms with Gasteiger partial charge in [0.1, 0.15) is 0 Å². The molecule has 142 valence electrons. The van der Waals surface area contributed by atoms with Crippen molar-refractivity contribution in [1.29, 1.82) is 0 Å². The first-order valence-corrected chi connectivity index (χ1v) is 8.48. The lowest BCUT2D eigenvalue weighted by molar-refractivity contribution is -0.137. The van der Waals surface area contributed by atoms with Crippen molar-refractivity contribution < 1.29 is 22.8 Å². The summed E-state index contributed by atoms with van der Waals surface area (Å²) in [6.07, 6.45) is -2.21. The van der Waals surface area contributed by atoms with Gasteiger partial charge in [-0.1, -0.05) is 12.1 Å². The van der Waals surface area contributed by atoms with E-state index in [0.717, 1.165) is 25.0 Å². The van der Waals surface area contributed by atoms with Crippen LogP contribution >= 0.6 is 0 Å². The molecule has 1 aliphatic rings. The lowest BCUT2D eigenvalue weighted by Gasteiger charge is -2.27. The van der Waals surface area contributed by atoms with E-state index in [1.807, 2.05) is 0 Å². The van der Waals surface area contributed by atoms with Gasteiger partial charge in [0.2, 0.25) is 5.91 Å². The Labute approximate surface area is 154 Å². The number of benzene rings is 2. The highest BCUT2D eigenvalue weighted by Gasteiger charge is 2.30. The number of nitrogens with one attached hydrogen (secondary N) is 2. The molecule has 1 aliphatic heterocycles. The first-order valence-electron chi connectivity index (χ1n) is 8.48. The van der Waals surface area contributed by atoms with Gasteiger partial charge in [0.15, 0.2) is 0 Å². The minimum Gasteiger partial charge on any atom is -0.312 e. The molecule has 0 unspecified atom stereocenters. The molecule has 2 aromatic carbocycles. The molecule has 0 aromatic heterocycles. The molecular weight excluding hydrogens is 359 g/mol. The summed E-state index contributed by atoms with van der Waals surface area (Å²) in [6, 6.07) is 10.5. The molecule has 3 rings (SSSR count). The maximum atomic E-state index is 12.7. The lowest BCUT2D eigenvalue weighted by atomic mass is 10.1. The molecule has 1 saturated heterocycles. The zero-order valence-electron chi connectivity index (χ0n) is 14.3. The monoisotopic (exact) mass is 377 g/mol. The average Bonchev–Trinajstić information content (AvgIpc) is 2.62. The molecular formula is C19H18F3N3O2. The molecule has 5 nitrogen and oxygen atoms in total. The Morgan fingerprint density at radius 3 is 2.30 bits per heavy atom. The first-order chi connectivity index (χ1) is 12.8. The number of nitrogens with zero attached hydrogens (tertiary/aromatic N) is 1. The number of halogens is 3. The van der Waals surface area contributed by atoms with Gasteiger partial charge in [-0.3, -0.25) is 4.79 Å². The number of amides is 3. The zero-order valence-corrected chi connectivity index (χ0v) is 14.3. The second-order valence-corrected chi connectivity index (χ2v) is 6.21. The normalized spacial score (nSPS) is 14.8. The molecule has 0 bridgehead atoms. The molecule has 0 saturated carbocycles. The number of carbonyl (C=O) groups is 2. The van der Waals surface area contributed by atoms with Crippen molar-refractivity contribution in [2.24, 2.45) is 0 Å². The first kappa shape index (κ1) is 18.8. The molecule has 0 radical (unpaired) electrons. The highest BCUT2D eigenvalue weighted by molar-refractivity contribution is 6.00. The summed E-state index contributed by atoms with van der Waals surface area (Å²) >= 11 is 0. The number of piperidine rings is 1. The van der Waals surface area contributed by atoms with Crippen LogP contribution in [0.5, 0.6) is 0 Å². The summed E-state index contributed by atoms with van der Waals surface area (Å²) in [5.41, 5.74) is 0.308. The molecule has 1 heterocycles. The summed E-state index contributed by atoms with van der Waals surface area (Å²) in [7, 11) is 0. The van der Waals surface area contributed by atoms with E-state index in [1.165, 1.54) is 12.1 Å². The van der Waals surface area contributed by atoms with Gasteiger partial charge in [0.05, 0.1) is 5.56 Å². The Morgan fingerprint density at radius 2 is 1.63 bits per heavy atom. The summed E-state index contributed by atoms with van der Waals surface area (Å²) in [5.74, 6) is 0.0341. The minimum absolute atomic E-state index is 0.0321. The van der Waals surface area contributed by atoms with E-state index in [1.54, 1.807) is 29.2 Å². The summed E-state index contributed by atoms with van der Waals surface area (Å²) < 4.78 is 38.2. The maximum absolute atomic E-state index is 12.7. The van der Waals surface area contributed by atoms with E-state index in [9.17, 15) is 22.8 Å². The number of anilines is 3. The van der Waals surface area contributed by atoms with Crippen molar-refractivity contribution in [3.8, 4) is 0 Å². The zero-order chi connectivity index (χ0) is 19.4. The fourth-order valence-electron chi connectivity index (χ4n) is 2.90. The molecule has 8 heteroatoms. The maximum Gasteiger partial charge on any atom is 0.416 e. The van der Waals surface area contributed by atoms with Crippen LogP contribution in [0.4, 0.5) is 35.0 Å². The Morgan fingerprint density at radius 1 is 0.963 bits per heavy atom. The molecule has 2 N–H and O–H groups in total. The van der Waals surface area contributed by atoms with Crippen LogP contribution in [-0.2, 0) is 11.0 Å². The molecule has 27 heavy (non-hydrogen) atoms.